The molecule has 0 amide bonds. The van der Waals surface area contributed by atoms with Gasteiger partial charge in [0.2, 0.25) is 0 Å². The number of carbonyl (C=O) groups is 1. The molecule has 1 aromatic carbocycles. The molecule has 0 spiro atoms. The van der Waals surface area contributed by atoms with E-state index in [2.05, 4.69) is 0 Å². The van der Waals surface area contributed by atoms with Crippen molar-refractivity contribution >= 4 is 23.3 Å². The maximum Gasteiger partial charge on any atom is 0.306 e. The van der Waals surface area contributed by atoms with Gasteiger partial charge in [0.25, 0.3) is 0 Å². The van der Waals surface area contributed by atoms with Gasteiger partial charge in [-0.2, -0.15) is 0 Å². The Morgan fingerprint density at radius 2 is 2.29 bits per heavy atom. The van der Waals surface area contributed by atoms with Gasteiger partial charge in [-0.25, -0.2) is 0 Å². The number of nitrogen functional groups attached to an aromatic ring is 1. The maximum atomic E-state index is 10.2. The van der Waals surface area contributed by atoms with E-state index in [1.807, 2.05) is 0 Å². The predicted molar refractivity (Wildman–Crippen MR) is 53.6 cm³/mol. The van der Waals surface area contributed by atoms with E-state index in [1.165, 1.54) is 0 Å². The summed E-state index contributed by atoms with van der Waals surface area (Å²) in [6.45, 7) is 0.0819. The summed E-state index contributed by atoms with van der Waals surface area (Å²) in [5, 5.41) is 8.80. The second-order valence-corrected chi connectivity index (χ2v) is 3.09. The van der Waals surface area contributed by atoms with E-state index < -0.39 is 5.97 Å². The zero-order valence-electron chi connectivity index (χ0n) is 7.37. The van der Waals surface area contributed by atoms with Crippen LogP contribution in [0.2, 0.25) is 5.02 Å². The fourth-order valence-electron chi connectivity index (χ4n) is 0.879. The molecule has 14 heavy (non-hydrogen) atoms. The number of aliphatic carboxylic acids is 1. The van der Waals surface area contributed by atoms with E-state index in [0.29, 0.717) is 16.5 Å². The number of nitrogens with two attached hydrogens (primary N) is 1. The summed E-state index contributed by atoms with van der Waals surface area (Å²) in [5.41, 5.74) is 6.03. The fourth-order valence-corrected chi connectivity index (χ4v) is 1.05. The van der Waals surface area contributed by atoms with Crippen molar-refractivity contribution in [3.8, 4) is 5.75 Å². The molecule has 0 aliphatic heterocycles. The first-order valence-corrected chi connectivity index (χ1v) is 4.37. The highest BCUT2D eigenvalue weighted by atomic mass is 35.5. The summed E-state index contributed by atoms with van der Waals surface area (Å²) in [7, 11) is 0. The van der Waals surface area contributed by atoms with Gasteiger partial charge in [-0.05, 0) is 12.1 Å². The summed E-state index contributed by atoms with van der Waals surface area (Å²) in [6.07, 6.45) is -0.0644. The second-order valence-electron chi connectivity index (χ2n) is 2.68. The van der Waals surface area contributed by atoms with Crippen LogP contribution >= 0.6 is 11.6 Å². The molecule has 0 bridgehead atoms. The van der Waals surface area contributed by atoms with Crippen molar-refractivity contribution in [3.63, 3.8) is 0 Å². The van der Waals surface area contributed by atoms with Crippen molar-refractivity contribution in [3.05, 3.63) is 23.2 Å². The van der Waals surface area contributed by atoms with Gasteiger partial charge in [-0.3, -0.25) is 4.79 Å². The number of halogens is 1. The third kappa shape index (κ3) is 3.14. The SMILES string of the molecule is Nc1ccc(Cl)c(OCCC(=O)O)c1. The first-order valence-electron chi connectivity index (χ1n) is 3.99. The molecule has 0 aliphatic carbocycles. The monoisotopic (exact) mass is 215 g/mol. The predicted octanol–water partition coefficient (Wildman–Crippen LogP) is 1.78. The van der Waals surface area contributed by atoms with Gasteiger partial charge in [0, 0.05) is 11.8 Å². The lowest BCUT2D eigenvalue weighted by Crippen LogP contribution is -2.05. The van der Waals surface area contributed by atoms with E-state index in [1.54, 1.807) is 18.2 Å². The summed E-state index contributed by atoms with van der Waals surface area (Å²) in [4.78, 5) is 10.2. The average molecular weight is 216 g/mol. The maximum absolute atomic E-state index is 10.2. The van der Waals surface area contributed by atoms with Gasteiger partial charge >= 0.3 is 5.97 Å². The molecule has 1 rings (SSSR count). The van der Waals surface area contributed by atoms with Gasteiger partial charge in [0.1, 0.15) is 5.75 Å². The highest BCUT2D eigenvalue weighted by Crippen LogP contribution is 2.26. The molecule has 0 fully saturated rings. The molecule has 5 heteroatoms. The van der Waals surface area contributed by atoms with Crippen molar-refractivity contribution in [1.29, 1.82) is 0 Å². The van der Waals surface area contributed by atoms with E-state index in [4.69, 9.17) is 27.2 Å². The molecule has 76 valence electrons. The summed E-state index contributed by atoms with van der Waals surface area (Å²) < 4.78 is 5.14. The van der Waals surface area contributed by atoms with Crippen LogP contribution in [-0.4, -0.2) is 17.7 Å². The standard InChI is InChI=1S/C9H10ClNO3/c10-7-2-1-6(11)5-8(7)14-4-3-9(12)13/h1-2,5H,3-4,11H2,(H,12,13). The van der Waals surface area contributed by atoms with Crippen LogP contribution in [0, 0.1) is 0 Å². The quantitative estimate of drug-likeness (QED) is 0.751. The molecular weight excluding hydrogens is 206 g/mol. The molecular formula is C9H10ClNO3. The van der Waals surface area contributed by atoms with Gasteiger partial charge in [-0.1, -0.05) is 11.6 Å². The molecule has 0 radical (unpaired) electrons. The third-order valence-electron chi connectivity index (χ3n) is 1.53. The number of ether oxygens (including phenoxy) is 1. The Bertz CT molecular complexity index is 341. The zero-order valence-corrected chi connectivity index (χ0v) is 8.12. The Balaban J connectivity index is 2.57. The van der Waals surface area contributed by atoms with Crippen molar-refractivity contribution in [2.75, 3.05) is 12.3 Å². The average Bonchev–Trinajstić information content (AvgIpc) is 2.10. The van der Waals surface area contributed by atoms with E-state index in [-0.39, 0.29) is 13.0 Å². The van der Waals surface area contributed by atoms with Crippen LogP contribution in [0.1, 0.15) is 6.42 Å². The van der Waals surface area contributed by atoms with Crippen LogP contribution in [0.15, 0.2) is 18.2 Å². The second kappa shape index (κ2) is 4.72. The molecule has 1 aromatic rings. The number of rotatable bonds is 4. The summed E-state index contributed by atoms with van der Waals surface area (Å²) >= 11 is 5.78. The Morgan fingerprint density at radius 3 is 2.93 bits per heavy atom. The topological polar surface area (TPSA) is 72.5 Å². The Labute approximate surface area is 86.2 Å². The zero-order chi connectivity index (χ0) is 10.6. The highest BCUT2D eigenvalue weighted by molar-refractivity contribution is 6.32. The van der Waals surface area contributed by atoms with Crippen molar-refractivity contribution in [2.45, 2.75) is 6.42 Å². The highest BCUT2D eigenvalue weighted by Gasteiger charge is 2.03. The number of benzene rings is 1. The molecule has 0 unspecified atom stereocenters. The molecule has 3 N–H and O–H groups in total. The molecule has 0 heterocycles. The molecule has 0 aliphatic rings. The Kier molecular flexibility index (Phi) is 3.59. The number of carboxylic acids is 1. The first kappa shape index (κ1) is 10.7. The minimum Gasteiger partial charge on any atom is -0.491 e. The van der Waals surface area contributed by atoms with E-state index in [0.717, 1.165) is 0 Å². The van der Waals surface area contributed by atoms with E-state index in [9.17, 15) is 4.79 Å². The van der Waals surface area contributed by atoms with Gasteiger partial charge in [0.05, 0.1) is 18.1 Å². The Hall–Kier alpha value is -1.42. The van der Waals surface area contributed by atoms with Crippen LogP contribution in [0.3, 0.4) is 0 Å². The molecule has 0 saturated heterocycles. The Morgan fingerprint density at radius 1 is 1.57 bits per heavy atom. The smallest absolute Gasteiger partial charge is 0.306 e. The molecule has 4 nitrogen and oxygen atoms in total. The van der Waals surface area contributed by atoms with Gasteiger partial charge in [-0.15, -0.1) is 0 Å². The lowest BCUT2D eigenvalue weighted by molar-refractivity contribution is -0.137. The normalized spacial score (nSPS) is 9.79. The minimum absolute atomic E-state index is 0.0644. The van der Waals surface area contributed by atoms with Gasteiger partial charge < -0.3 is 15.6 Å². The van der Waals surface area contributed by atoms with Crippen LogP contribution in [0.5, 0.6) is 5.75 Å². The number of anilines is 1. The molecule has 0 aromatic heterocycles. The third-order valence-corrected chi connectivity index (χ3v) is 1.84. The van der Waals surface area contributed by atoms with Crippen LogP contribution < -0.4 is 10.5 Å². The summed E-state index contributed by atoms with van der Waals surface area (Å²) in [6, 6.07) is 4.81. The van der Waals surface area contributed by atoms with Crippen molar-refractivity contribution < 1.29 is 14.6 Å². The lowest BCUT2D eigenvalue weighted by Gasteiger charge is -2.06. The largest absolute Gasteiger partial charge is 0.491 e. The van der Waals surface area contributed by atoms with Crippen LogP contribution in [-0.2, 0) is 4.79 Å². The summed E-state index contributed by atoms with van der Waals surface area (Å²) in [5.74, 6) is -0.502. The van der Waals surface area contributed by atoms with E-state index >= 15 is 0 Å². The van der Waals surface area contributed by atoms with Crippen molar-refractivity contribution in [2.24, 2.45) is 0 Å². The number of carboxylic acid groups (broad SMARTS) is 1. The lowest BCUT2D eigenvalue weighted by atomic mass is 10.3. The minimum atomic E-state index is -0.912. The van der Waals surface area contributed by atoms with Crippen molar-refractivity contribution in [1.82, 2.24) is 0 Å². The molecule has 0 atom stereocenters. The van der Waals surface area contributed by atoms with Crippen LogP contribution in [0.25, 0.3) is 0 Å². The van der Waals surface area contributed by atoms with Gasteiger partial charge in [0.15, 0.2) is 0 Å². The fraction of sp³-hybridized carbons (Fsp3) is 0.222. The first-order chi connectivity index (χ1) is 6.59. The van der Waals surface area contributed by atoms with Crippen LogP contribution in [0.4, 0.5) is 5.69 Å². The molecule has 0 saturated carbocycles. The number of hydrogen-bond donors (Lipinski definition) is 2. The number of hydrogen-bond acceptors (Lipinski definition) is 3.